The van der Waals surface area contributed by atoms with E-state index in [0.717, 1.165) is 0 Å². The number of amides is 1. The third-order valence-electron chi connectivity index (χ3n) is 0.952. The third-order valence-corrected chi connectivity index (χ3v) is 0.952. The molecule has 0 spiro atoms. The Balaban J connectivity index is 3.10. The van der Waals surface area contributed by atoms with Crippen molar-refractivity contribution in [3.05, 3.63) is 0 Å². The molecule has 1 amide bonds. The van der Waals surface area contributed by atoms with E-state index in [2.05, 4.69) is 0 Å². The molecule has 0 aliphatic rings. The van der Waals surface area contributed by atoms with Crippen LogP contribution in [0.1, 0.15) is 26.2 Å². The number of ketones is 1. The summed E-state index contributed by atoms with van der Waals surface area (Å²) in [6, 6.07) is 0. The number of hydrogen-bond acceptors (Lipinski definition) is 2. The summed E-state index contributed by atoms with van der Waals surface area (Å²) in [6.45, 7) is 1.50. The van der Waals surface area contributed by atoms with Gasteiger partial charge in [-0.25, -0.2) is 0 Å². The predicted octanol–water partition coefficient (Wildman–Crippen LogP) is 0.231. The Kier molecular flexibility index (Phi) is 3.67. The predicted molar refractivity (Wildman–Crippen MR) is 33.7 cm³/mol. The highest BCUT2D eigenvalue weighted by Crippen LogP contribution is 1.93. The van der Waals surface area contributed by atoms with Gasteiger partial charge >= 0.3 is 0 Å². The van der Waals surface area contributed by atoms with Crippen LogP contribution in [0.3, 0.4) is 0 Å². The highest BCUT2D eigenvalue weighted by molar-refractivity contribution is 5.77. The van der Waals surface area contributed by atoms with E-state index < -0.39 is 0 Å². The zero-order valence-corrected chi connectivity index (χ0v) is 5.52. The van der Waals surface area contributed by atoms with Crippen LogP contribution < -0.4 is 5.73 Å². The van der Waals surface area contributed by atoms with Gasteiger partial charge in [0.15, 0.2) is 0 Å². The van der Waals surface area contributed by atoms with Crippen LogP contribution in [0.2, 0.25) is 0 Å². The largest absolute Gasteiger partial charge is 0.370 e. The van der Waals surface area contributed by atoms with E-state index in [9.17, 15) is 9.59 Å². The number of Topliss-reactive ketones (excluding diaryl/α,β-unsaturated/α-hetero) is 1. The van der Waals surface area contributed by atoms with Crippen molar-refractivity contribution in [1.82, 2.24) is 0 Å². The number of nitrogens with two attached hydrogens (primary N) is 1. The van der Waals surface area contributed by atoms with Crippen molar-refractivity contribution in [2.45, 2.75) is 26.2 Å². The van der Waals surface area contributed by atoms with Crippen LogP contribution in [0.5, 0.6) is 0 Å². The lowest BCUT2D eigenvalue weighted by Crippen LogP contribution is -2.10. The van der Waals surface area contributed by atoms with Crippen LogP contribution >= 0.6 is 0 Å². The summed E-state index contributed by atoms with van der Waals surface area (Å²) in [5.41, 5.74) is 4.83. The fraction of sp³-hybridized carbons (Fsp3) is 0.667. The molecule has 52 valence electrons. The standard InChI is InChI=1S/C6H11NO2/c1-5(8)3-2-4-6(7)9/h2-4H2,1H3,(H2,7,9). The zero-order chi connectivity index (χ0) is 7.28. The minimum absolute atomic E-state index is 0.108. The molecule has 0 fully saturated rings. The van der Waals surface area contributed by atoms with Crippen molar-refractivity contribution in [2.75, 3.05) is 0 Å². The monoisotopic (exact) mass is 129 g/mol. The lowest BCUT2D eigenvalue weighted by atomic mass is 10.2. The fourth-order valence-electron chi connectivity index (χ4n) is 0.512. The molecule has 0 radical (unpaired) electrons. The number of primary amides is 1. The fourth-order valence-corrected chi connectivity index (χ4v) is 0.512. The summed E-state index contributed by atoms with van der Waals surface area (Å²) < 4.78 is 0. The smallest absolute Gasteiger partial charge is 0.217 e. The summed E-state index contributed by atoms with van der Waals surface area (Å²) in [4.78, 5) is 20.4. The Morgan fingerprint density at radius 2 is 1.89 bits per heavy atom. The van der Waals surface area contributed by atoms with E-state index in [1.54, 1.807) is 0 Å². The Morgan fingerprint density at radius 1 is 1.33 bits per heavy atom. The molecule has 0 rings (SSSR count). The Bertz CT molecular complexity index is 106. The Morgan fingerprint density at radius 3 is 2.22 bits per heavy atom. The molecule has 0 heterocycles. The van der Waals surface area contributed by atoms with Gasteiger partial charge in [-0.15, -0.1) is 0 Å². The normalized spacial score (nSPS) is 9.00. The molecule has 0 aromatic heterocycles. The lowest BCUT2D eigenvalue weighted by Gasteiger charge is -1.90. The van der Waals surface area contributed by atoms with Gasteiger partial charge in [-0.3, -0.25) is 4.79 Å². The summed E-state index contributed by atoms with van der Waals surface area (Å²) in [5.74, 6) is -0.229. The van der Waals surface area contributed by atoms with Gasteiger partial charge in [0.2, 0.25) is 5.91 Å². The summed E-state index contributed by atoms with van der Waals surface area (Å²) >= 11 is 0. The van der Waals surface area contributed by atoms with Gasteiger partial charge in [0.25, 0.3) is 0 Å². The van der Waals surface area contributed by atoms with Crippen LogP contribution in [0, 0.1) is 0 Å². The topological polar surface area (TPSA) is 60.2 Å². The van der Waals surface area contributed by atoms with Crippen molar-refractivity contribution in [3.63, 3.8) is 0 Å². The molecular formula is C6H11NO2. The molecule has 3 nitrogen and oxygen atoms in total. The van der Waals surface area contributed by atoms with E-state index in [0.29, 0.717) is 19.3 Å². The average molecular weight is 129 g/mol. The highest BCUT2D eigenvalue weighted by atomic mass is 16.1. The molecule has 0 aromatic carbocycles. The van der Waals surface area contributed by atoms with Crippen molar-refractivity contribution in [2.24, 2.45) is 5.73 Å². The summed E-state index contributed by atoms with van der Waals surface area (Å²) in [6.07, 6.45) is 1.37. The van der Waals surface area contributed by atoms with Gasteiger partial charge in [-0.05, 0) is 13.3 Å². The van der Waals surface area contributed by atoms with Crippen molar-refractivity contribution >= 4 is 11.7 Å². The second-order valence-electron chi connectivity index (χ2n) is 2.02. The van der Waals surface area contributed by atoms with Crippen LogP contribution in [0.4, 0.5) is 0 Å². The van der Waals surface area contributed by atoms with Crippen LogP contribution in [0.25, 0.3) is 0 Å². The first-order chi connectivity index (χ1) is 4.13. The molecule has 0 bridgehead atoms. The molecule has 0 saturated heterocycles. The van der Waals surface area contributed by atoms with Gasteiger partial charge in [0.1, 0.15) is 5.78 Å². The van der Waals surface area contributed by atoms with Gasteiger partial charge in [-0.2, -0.15) is 0 Å². The third kappa shape index (κ3) is 7.14. The van der Waals surface area contributed by atoms with Gasteiger partial charge in [0, 0.05) is 12.8 Å². The van der Waals surface area contributed by atoms with Gasteiger partial charge < -0.3 is 10.5 Å². The molecule has 0 atom stereocenters. The summed E-state index contributed by atoms with van der Waals surface area (Å²) in [7, 11) is 0. The molecule has 2 N–H and O–H groups in total. The van der Waals surface area contributed by atoms with Gasteiger partial charge in [-0.1, -0.05) is 0 Å². The van der Waals surface area contributed by atoms with Crippen LogP contribution in [-0.4, -0.2) is 11.7 Å². The van der Waals surface area contributed by atoms with E-state index >= 15 is 0 Å². The molecule has 0 saturated carbocycles. The SMILES string of the molecule is CC(=O)CCCC(N)=O. The molecule has 0 aliphatic heterocycles. The maximum absolute atomic E-state index is 10.3. The first-order valence-corrected chi connectivity index (χ1v) is 2.90. The Labute approximate surface area is 54.2 Å². The lowest BCUT2D eigenvalue weighted by molar-refractivity contribution is -0.118. The highest BCUT2D eigenvalue weighted by Gasteiger charge is 1.95. The molecule has 0 aromatic rings. The van der Waals surface area contributed by atoms with E-state index in [-0.39, 0.29) is 11.7 Å². The minimum atomic E-state index is -0.337. The maximum atomic E-state index is 10.3. The minimum Gasteiger partial charge on any atom is -0.370 e. The number of hydrogen-bond donors (Lipinski definition) is 1. The van der Waals surface area contributed by atoms with Crippen molar-refractivity contribution in [3.8, 4) is 0 Å². The zero-order valence-electron chi connectivity index (χ0n) is 5.52. The molecule has 9 heavy (non-hydrogen) atoms. The number of rotatable bonds is 4. The first kappa shape index (κ1) is 8.14. The quantitative estimate of drug-likeness (QED) is 0.590. The second kappa shape index (κ2) is 4.06. The molecule has 0 aliphatic carbocycles. The summed E-state index contributed by atoms with van der Waals surface area (Å²) in [5, 5.41) is 0. The van der Waals surface area contributed by atoms with E-state index in [1.807, 2.05) is 0 Å². The maximum Gasteiger partial charge on any atom is 0.217 e. The van der Waals surface area contributed by atoms with Crippen molar-refractivity contribution < 1.29 is 9.59 Å². The molecule has 0 unspecified atom stereocenters. The van der Waals surface area contributed by atoms with E-state index in [4.69, 9.17) is 5.73 Å². The van der Waals surface area contributed by atoms with E-state index in [1.165, 1.54) is 6.92 Å². The second-order valence-corrected chi connectivity index (χ2v) is 2.02. The first-order valence-electron chi connectivity index (χ1n) is 2.90. The number of carbonyl (C=O) groups excluding carboxylic acids is 2. The van der Waals surface area contributed by atoms with Crippen molar-refractivity contribution in [1.29, 1.82) is 0 Å². The number of carbonyl (C=O) groups is 2. The molecule has 3 heteroatoms. The Hall–Kier alpha value is -0.860. The molecular weight excluding hydrogens is 118 g/mol. The van der Waals surface area contributed by atoms with Gasteiger partial charge in [0.05, 0.1) is 0 Å². The van der Waals surface area contributed by atoms with Crippen LogP contribution in [0.15, 0.2) is 0 Å². The average Bonchev–Trinajstić information content (AvgIpc) is 1.63. The van der Waals surface area contributed by atoms with Crippen LogP contribution in [-0.2, 0) is 9.59 Å².